The molecular weight excluding hydrogens is 408 g/mol. The van der Waals surface area contributed by atoms with Crippen LogP contribution in [-0.4, -0.2) is 10.9 Å². The second kappa shape index (κ2) is 9.79. The highest BCUT2D eigenvalue weighted by Gasteiger charge is 2.60. The lowest BCUT2D eigenvalue weighted by Gasteiger charge is -2.60. The maximum Gasteiger partial charge on any atom is 0.186 e. The van der Waals surface area contributed by atoms with E-state index in [4.69, 9.17) is 0 Å². The fraction of sp³-hybridized carbons (Fsp3) is 0.900. The molecular formula is C30H50OS. The molecule has 8 atom stereocenters. The summed E-state index contributed by atoms with van der Waals surface area (Å²) in [6.07, 6.45) is 18.2. The van der Waals surface area contributed by atoms with Crippen molar-refractivity contribution in [3.8, 4) is 0 Å². The van der Waals surface area contributed by atoms with Crippen LogP contribution in [0.2, 0.25) is 0 Å². The van der Waals surface area contributed by atoms with Crippen LogP contribution < -0.4 is 0 Å². The van der Waals surface area contributed by atoms with Gasteiger partial charge in [-0.2, -0.15) is 0 Å². The van der Waals surface area contributed by atoms with E-state index in [1.54, 1.807) is 12.5 Å². The summed E-state index contributed by atoms with van der Waals surface area (Å²) in [5.74, 6) is 7.38. The van der Waals surface area contributed by atoms with Crippen LogP contribution in [0.1, 0.15) is 112 Å². The number of allylic oxidation sites excluding steroid dienone is 1. The van der Waals surface area contributed by atoms with E-state index in [0.717, 1.165) is 47.2 Å². The van der Waals surface area contributed by atoms with E-state index in [0.29, 0.717) is 10.8 Å². The van der Waals surface area contributed by atoms with Crippen molar-refractivity contribution in [1.29, 1.82) is 0 Å². The molecule has 0 spiro atoms. The second-order valence-corrected chi connectivity index (χ2v) is 14.4. The SMILES string of the molecule is CC(=O)SCC1=CCC2CCC3C(CCC4(C)C(C(C)CCCC(C)C)CCC34)C2(C)C1. The lowest BCUT2D eigenvalue weighted by Crippen LogP contribution is -2.53. The van der Waals surface area contributed by atoms with Gasteiger partial charge in [-0.25, -0.2) is 0 Å². The molecule has 32 heavy (non-hydrogen) atoms. The Hall–Kier alpha value is -0.240. The van der Waals surface area contributed by atoms with Crippen molar-refractivity contribution >= 4 is 16.9 Å². The molecule has 0 aromatic rings. The van der Waals surface area contributed by atoms with Crippen LogP contribution in [0, 0.1) is 52.3 Å². The average Bonchev–Trinajstić information content (AvgIpc) is 3.08. The molecule has 0 heterocycles. The maximum atomic E-state index is 11.6. The van der Waals surface area contributed by atoms with Gasteiger partial charge in [-0.05, 0) is 104 Å². The molecule has 0 N–H and O–H groups in total. The Morgan fingerprint density at radius 3 is 2.50 bits per heavy atom. The third-order valence-electron chi connectivity index (χ3n) is 11.0. The first-order valence-corrected chi connectivity index (χ1v) is 14.9. The summed E-state index contributed by atoms with van der Waals surface area (Å²) in [7, 11) is 0. The third-order valence-corrected chi connectivity index (χ3v) is 11.9. The number of thioether (sulfide) groups is 1. The largest absolute Gasteiger partial charge is 0.288 e. The molecule has 0 saturated heterocycles. The van der Waals surface area contributed by atoms with Crippen molar-refractivity contribution < 1.29 is 4.79 Å². The Balaban J connectivity index is 1.45. The Morgan fingerprint density at radius 1 is 1.03 bits per heavy atom. The summed E-state index contributed by atoms with van der Waals surface area (Å²) in [6.45, 7) is 14.4. The minimum absolute atomic E-state index is 0.271. The summed E-state index contributed by atoms with van der Waals surface area (Å²) < 4.78 is 0. The van der Waals surface area contributed by atoms with E-state index in [2.05, 4.69) is 40.7 Å². The number of fused-ring (bicyclic) bond motifs is 5. The quantitative estimate of drug-likeness (QED) is 0.354. The lowest BCUT2D eigenvalue weighted by atomic mass is 9.44. The van der Waals surface area contributed by atoms with Crippen LogP contribution in [0.3, 0.4) is 0 Å². The molecule has 0 amide bonds. The summed E-state index contributed by atoms with van der Waals surface area (Å²) in [4.78, 5) is 11.6. The number of carbonyl (C=O) groups excluding carboxylic acids is 1. The molecule has 0 bridgehead atoms. The molecule has 3 saturated carbocycles. The Labute approximate surface area is 203 Å². The van der Waals surface area contributed by atoms with Crippen LogP contribution in [0.4, 0.5) is 0 Å². The van der Waals surface area contributed by atoms with Gasteiger partial charge in [0.05, 0.1) is 0 Å². The Kier molecular flexibility index (Phi) is 7.61. The Morgan fingerprint density at radius 2 is 1.78 bits per heavy atom. The van der Waals surface area contributed by atoms with Crippen molar-refractivity contribution in [2.75, 3.05) is 5.75 Å². The predicted octanol–water partition coefficient (Wildman–Crippen LogP) is 8.92. The van der Waals surface area contributed by atoms with Gasteiger partial charge >= 0.3 is 0 Å². The predicted molar refractivity (Wildman–Crippen MR) is 140 cm³/mol. The normalized spacial score (nSPS) is 42.1. The van der Waals surface area contributed by atoms with E-state index >= 15 is 0 Å². The lowest BCUT2D eigenvalue weighted by molar-refractivity contribution is -0.109. The van der Waals surface area contributed by atoms with Gasteiger partial charge in [0.1, 0.15) is 0 Å². The zero-order valence-electron chi connectivity index (χ0n) is 21.9. The van der Waals surface area contributed by atoms with E-state index in [9.17, 15) is 4.79 Å². The molecule has 3 fully saturated rings. The first kappa shape index (κ1) is 24.9. The highest BCUT2D eigenvalue weighted by Crippen LogP contribution is 2.68. The van der Waals surface area contributed by atoms with E-state index in [1.807, 2.05) is 0 Å². The minimum Gasteiger partial charge on any atom is -0.288 e. The Bertz CT molecular complexity index is 710. The molecule has 0 aliphatic heterocycles. The summed E-state index contributed by atoms with van der Waals surface area (Å²) in [6, 6.07) is 0. The van der Waals surface area contributed by atoms with Gasteiger partial charge in [0.2, 0.25) is 0 Å². The van der Waals surface area contributed by atoms with Crippen LogP contribution in [-0.2, 0) is 4.79 Å². The molecule has 4 aliphatic carbocycles. The second-order valence-electron chi connectivity index (χ2n) is 13.2. The van der Waals surface area contributed by atoms with Crippen molar-refractivity contribution in [3.63, 3.8) is 0 Å². The monoisotopic (exact) mass is 458 g/mol. The van der Waals surface area contributed by atoms with Gasteiger partial charge in [0.25, 0.3) is 0 Å². The van der Waals surface area contributed by atoms with Gasteiger partial charge in [-0.3, -0.25) is 4.79 Å². The van der Waals surface area contributed by atoms with Crippen LogP contribution in [0.25, 0.3) is 0 Å². The highest BCUT2D eigenvalue weighted by molar-refractivity contribution is 8.13. The zero-order chi connectivity index (χ0) is 23.1. The van der Waals surface area contributed by atoms with Crippen molar-refractivity contribution in [2.24, 2.45) is 52.3 Å². The van der Waals surface area contributed by atoms with Gasteiger partial charge < -0.3 is 0 Å². The first-order valence-electron chi connectivity index (χ1n) is 14.0. The molecule has 0 radical (unpaired) electrons. The number of hydrogen-bond donors (Lipinski definition) is 0. The fourth-order valence-electron chi connectivity index (χ4n) is 9.40. The van der Waals surface area contributed by atoms with Crippen molar-refractivity contribution in [1.82, 2.24) is 0 Å². The molecule has 1 nitrogen and oxygen atoms in total. The van der Waals surface area contributed by atoms with Crippen LogP contribution in [0.5, 0.6) is 0 Å². The van der Waals surface area contributed by atoms with E-state index < -0.39 is 0 Å². The standard InChI is InChI=1S/C30H50OS/c1-20(2)8-7-9-21(3)26-14-15-27-25-13-12-24-11-10-23(19-32-22(4)31)18-30(24,6)28(25)16-17-29(26,27)5/h10,20-21,24-28H,7-9,11-19H2,1-6H3. The van der Waals surface area contributed by atoms with Gasteiger partial charge in [0.15, 0.2) is 5.12 Å². The molecule has 8 unspecified atom stereocenters. The van der Waals surface area contributed by atoms with Gasteiger partial charge in [-0.15, -0.1) is 0 Å². The fourth-order valence-corrected chi connectivity index (χ4v) is 10.0. The summed E-state index contributed by atoms with van der Waals surface area (Å²) >= 11 is 1.52. The van der Waals surface area contributed by atoms with Gasteiger partial charge in [-0.1, -0.05) is 77.3 Å². The van der Waals surface area contributed by atoms with Crippen molar-refractivity contribution in [2.45, 2.75) is 112 Å². The third kappa shape index (κ3) is 4.65. The number of carbonyl (C=O) groups is 1. The van der Waals surface area contributed by atoms with Gasteiger partial charge in [0, 0.05) is 12.7 Å². The summed E-state index contributed by atoms with van der Waals surface area (Å²) in [5.41, 5.74) is 2.65. The molecule has 4 rings (SSSR count). The van der Waals surface area contributed by atoms with E-state index in [-0.39, 0.29) is 5.12 Å². The molecule has 0 aromatic heterocycles. The zero-order valence-corrected chi connectivity index (χ0v) is 22.7. The highest BCUT2D eigenvalue weighted by atomic mass is 32.2. The molecule has 2 heteroatoms. The number of rotatable bonds is 7. The summed E-state index contributed by atoms with van der Waals surface area (Å²) in [5, 5.41) is 0.271. The van der Waals surface area contributed by atoms with E-state index in [1.165, 1.54) is 82.4 Å². The first-order chi connectivity index (χ1) is 15.1. The smallest absolute Gasteiger partial charge is 0.186 e. The topological polar surface area (TPSA) is 17.1 Å². The molecule has 0 aromatic carbocycles. The maximum absolute atomic E-state index is 11.6. The van der Waals surface area contributed by atoms with Crippen molar-refractivity contribution in [3.05, 3.63) is 11.6 Å². The van der Waals surface area contributed by atoms with Crippen LogP contribution in [0.15, 0.2) is 11.6 Å². The average molecular weight is 459 g/mol. The molecule has 182 valence electrons. The molecule has 4 aliphatic rings. The van der Waals surface area contributed by atoms with Crippen LogP contribution >= 0.6 is 11.8 Å². The minimum atomic E-state index is 0.271. The number of hydrogen-bond acceptors (Lipinski definition) is 2.